The molecular weight excluding hydrogens is 474 g/mol. The monoisotopic (exact) mass is 523 g/mol. The highest BCUT2D eigenvalue weighted by Crippen LogP contribution is 2.35. The minimum atomic E-state index is -0.388. The van der Waals surface area contributed by atoms with Gasteiger partial charge in [-0.25, -0.2) is 4.31 Å². The lowest BCUT2D eigenvalue weighted by molar-refractivity contribution is -0.134. The Morgan fingerprint density at radius 3 is 2.00 bits per heavy atom. The van der Waals surface area contributed by atoms with E-state index in [-0.39, 0.29) is 11.3 Å². The molecule has 4 nitrogen and oxygen atoms in total. The lowest BCUT2D eigenvalue weighted by Gasteiger charge is -2.53. The van der Waals surface area contributed by atoms with Crippen LogP contribution in [0, 0.1) is 17.2 Å². The van der Waals surface area contributed by atoms with Crippen molar-refractivity contribution in [3.8, 4) is 11.1 Å². The molecule has 2 fully saturated rings. The van der Waals surface area contributed by atoms with E-state index in [0.29, 0.717) is 6.04 Å². The largest absolute Gasteiger partial charge is 0.348 e. The van der Waals surface area contributed by atoms with E-state index < -0.39 is 0 Å². The van der Waals surface area contributed by atoms with Crippen molar-refractivity contribution in [1.82, 2.24) is 9.21 Å². The highest BCUT2D eigenvalue weighted by Gasteiger charge is 2.47. The molecule has 0 bridgehead atoms. The van der Waals surface area contributed by atoms with Gasteiger partial charge in [0.25, 0.3) is 0 Å². The number of carbonyl (C=O) groups excluding carboxylic acids is 1. The van der Waals surface area contributed by atoms with Gasteiger partial charge in [-0.1, -0.05) is 83.0 Å². The van der Waals surface area contributed by atoms with Crippen molar-refractivity contribution >= 4 is 24.1 Å². The third-order valence-corrected chi connectivity index (χ3v) is 8.90. The van der Waals surface area contributed by atoms with Crippen LogP contribution in [0.5, 0.6) is 0 Å². The molecule has 2 unspecified atom stereocenters. The first-order valence-corrected chi connectivity index (χ1v) is 14.8. The van der Waals surface area contributed by atoms with Gasteiger partial charge in [0, 0.05) is 24.0 Å². The van der Waals surface area contributed by atoms with E-state index in [1.165, 1.54) is 61.1 Å². The Kier molecular flexibility index (Phi) is 12.9. The molecule has 0 aliphatic carbocycles. The Hall–Kier alpha value is -2.11. The quantitative estimate of drug-likeness (QED) is 0.224. The van der Waals surface area contributed by atoms with Gasteiger partial charge in [-0.15, -0.1) is 0 Å². The predicted molar refractivity (Wildman–Crippen MR) is 161 cm³/mol. The third kappa shape index (κ3) is 9.30. The second kappa shape index (κ2) is 15.3. The molecule has 0 saturated carbocycles. The van der Waals surface area contributed by atoms with Gasteiger partial charge in [0.15, 0.2) is 5.78 Å². The summed E-state index contributed by atoms with van der Waals surface area (Å²) in [7, 11) is 0. The molecule has 4 rings (SSSR count). The molecule has 2 aromatic rings. The van der Waals surface area contributed by atoms with E-state index in [1.807, 2.05) is 25.8 Å². The van der Waals surface area contributed by atoms with Crippen LogP contribution in [0.3, 0.4) is 0 Å². The van der Waals surface area contributed by atoms with Crippen molar-refractivity contribution in [3.63, 3.8) is 0 Å². The fraction of sp³-hybridized carbons (Fsp3) is 0.562. The number of Topliss-reactive ketones (excluding diaryl/α,β-unsaturated/α-hetero) is 1. The number of likely N-dealkylation sites (tertiary alicyclic amines) is 1. The van der Waals surface area contributed by atoms with Crippen molar-refractivity contribution in [2.24, 2.45) is 11.8 Å². The zero-order chi connectivity index (χ0) is 27.4. The van der Waals surface area contributed by atoms with Crippen LogP contribution in [0.2, 0.25) is 0 Å². The Morgan fingerprint density at radius 1 is 1.05 bits per heavy atom. The molecule has 2 heterocycles. The number of nitrogens with zero attached hydrogens (tertiary/aromatic N) is 2. The maximum Gasteiger partial charge on any atom is 0.155 e. The van der Waals surface area contributed by atoms with Crippen LogP contribution in [0.15, 0.2) is 59.5 Å². The molecule has 2 aliphatic rings. The molecule has 0 radical (unpaired) electrons. The first kappa shape index (κ1) is 31.1. The summed E-state index contributed by atoms with van der Waals surface area (Å²) in [5.41, 5.74) is 2.20. The summed E-state index contributed by atoms with van der Waals surface area (Å²) in [5.74, 6) is 1.98. The van der Waals surface area contributed by atoms with Crippen LogP contribution >= 0.6 is 11.9 Å². The second-order valence-electron chi connectivity index (χ2n) is 11.0. The number of carbonyl (C=O) groups is 1. The summed E-state index contributed by atoms with van der Waals surface area (Å²) < 4.78 is 2.52. The van der Waals surface area contributed by atoms with E-state index in [9.17, 15) is 4.79 Å². The summed E-state index contributed by atoms with van der Waals surface area (Å²) in [6.45, 7) is 16.9. The van der Waals surface area contributed by atoms with Crippen molar-refractivity contribution < 1.29 is 4.79 Å². The summed E-state index contributed by atoms with van der Waals surface area (Å²) >= 11 is 1.91. The molecule has 2 aliphatic heterocycles. The highest BCUT2D eigenvalue weighted by molar-refractivity contribution is 7.97. The first-order valence-electron chi connectivity index (χ1n) is 14.0. The number of benzene rings is 2. The second-order valence-corrected chi connectivity index (χ2v) is 12.2. The Morgan fingerprint density at radius 2 is 1.59 bits per heavy atom. The molecule has 2 aromatic carbocycles. The summed E-state index contributed by atoms with van der Waals surface area (Å²) in [5, 5.41) is 7.09. The Labute approximate surface area is 230 Å². The minimum Gasteiger partial charge on any atom is -0.348 e. The third-order valence-electron chi connectivity index (χ3n) is 7.80. The number of rotatable bonds is 7. The smallest absolute Gasteiger partial charge is 0.155 e. The molecule has 5 heteroatoms. The maximum absolute atomic E-state index is 11.1. The fourth-order valence-electron chi connectivity index (χ4n) is 4.64. The minimum absolute atomic E-state index is 0.152. The molecule has 0 aromatic heterocycles. The maximum atomic E-state index is 11.1. The molecular formula is C32H49N3OS. The summed E-state index contributed by atoms with van der Waals surface area (Å²) in [6, 6.07) is 19.9. The molecule has 2 atom stereocenters. The van der Waals surface area contributed by atoms with Gasteiger partial charge >= 0.3 is 0 Å². The number of ketones is 1. The lowest BCUT2D eigenvalue weighted by Crippen LogP contribution is -2.65. The van der Waals surface area contributed by atoms with Gasteiger partial charge in [-0.3, -0.25) is 10.2 Å². The molecule has 2 saturated heterocycles. The summed E-state index contributed by atoms with van der Waals surface area (Å²) in [6.07, 6.45) is 7.48. The van der Waals surface area contributed by atoms with Crippen LogP contribution in [-0.2, 0) is 4.79 Å². The predicted octanol–water partition coefficient (Wildman–Crippen LogP) is 8.57. The zero-order valence-corrected chi connectivity index (χ0v) is 25.0. The molecule has 37 heavy (non-hydrogen) atoms. The van der Waals surface area contributed by atoms with Gasteiger partial charge in [-0.2, -0.15) is 0 Å². The van der Waals surface area contributed by atoms with Crippen molar-refractivity contribution in [1.29, 1.82) is 5.41 Å². The number of piperidine rings is 1. The molecule has 0 spiro atoms. The molecule has 1 N–H and O–H groups in total. The van der Waals surface area contributed by atoms with E-state index in [2.05, 4.69) is 86.6 Å². The van der Waals surface area contributed by atoms with Crippen molar-refractivity contribution in [3.05, 3.63) is 54.6 Å². The standard InChI is InChI=1S/C19H23NS.C8H14N2O.C5H12/c1-2-16-12-14-20(15-13-16)21-19-10-8-18(9-11-19)17-6-4-3-5-7-17;1-6-4-8(3,7(2)11)10(6)5-9;1-4-5(2)3/h3-11,16H,2,12-15H2,1H3;5-6,9H,4H2,1-3H3;5H,4H2,1-3H3. The average Bonchev–Trinajstić information content (AvgIpc) is 2.90. The lowest BCUT2D eigenvalue weighted by atomic mass is 9.78. The topological polar surface area (TPSA) is 47.4 Å². The fourth-order valence-corrected chi connectivity index (χ4v) is 5.59. The zero-order valence-electron chi connectivity index (χ0n) is 24.2. The van der Waals surface area contributed by atoms with Gasteiger partial charge in [-0.05, 0) is 87.1 Å². The highest BCUT2D eigenvalue weighted by atomic mass is 32.2. The van der Waals surface area contributed by atoms with E-state index in [4.69, 9.17) is 5.41 Å². The van der Waals surface area contributed by atoms with Crippen LogP contribution < -0.4 is 0 Å². The van der Waals surface area contributed by atoms with E-state index in [0.717, 1.165) is 18.3 Å². The van der Waals surface area contributed by atoms with E-state index in [1.54, 1.807) is 11.8 Å². The van der Waals surface area contributed by atoms with Gasteiger partial charge in [0.05, 0.1) is 11.9 Å². The Balaban J connectivity index is 0.000000252. The molecule has 0 amide bonds. The van der Waals surface area contributed by atoms with Gasteiger partial charge < -0.3 is 4.90 Å². The first-order chi connectivity index (χ1) is 17.6. The van der Waals surface area contributed by atoms with Crippen molar-refractivity contribution in [2.45, 2.75) is 97.0 Å². The number of hydrogen-bond donors (Lipinski definition) is 1. The van der Waals surface area contributed by atoms with Crippen LogP contribution in [-0.4, -0.2) is 46.0 Å². The van der Waals surface area contributed by atoms with Crippen LogP contribution in [0.25, 0.3) is 11.1 Å². The van der Waals surface area contributed by atoms with E-state index >= 15 is 0 Å². The normalized spacial score (nSPS) is 21.7. The SMILES string of the molecule is CC(=O)C1(C)CC(C)N1C=N.CCC(C)C.CCC1CCN(Sc2ccc(-c3ccccc3)cc2)CC1. The average molecular weight is 524 g/mol. The Bertz CT molecular complexity index is 938. The van der Waals surface area contributed by atoms with Crippen molar-refractivity contribution in [2.75, 3.05) is 13.1 Å². The van der Waals surface area contributed by atoms with Gasteiger partial charge in [0.2, 0.25) is 0 Å². The summed E-state index contributed by atoms with van der Waals surface area (Å²) in [4.78, 5) is 14.3. The number of nitrogens with one attached hydrogen (secondary N) is 1. The molecule has 204 valence electrons. The van der Waals surface area contributed by atoms with Gasteiger partial charge in [0.1, 0.15) is 0 Å². The van der Waals surface area contributed by atoms with Crippen LogP contribution in [0.1, 0.15) is 80.6 Å². The van der Waals surface area contributed by atoms with Crippen LogP contribution in [0.4, 0.5) is 0 Å². The number of hydrogen-bond acceptors (Lipinski definition) is 4.